The van der Waals surface area contributed by atoms with Gasteiger partial charge in [-0.25, -0.2) is 9.97 Å². The molecule has 2 heterocycles. The second-order valence-corrected chi connectivity index (χ2v) is 6.03. The first kappa shape index (κ1) is 14.7. The summed E-state index contributed by atoms with van der Waals surface area (Å²) in [5.74, 6) is 1.51. The number of hydrogen-bond donors (Lipinski definition) is 2. The van der Waals surface area contributed by atoms with Crippen molar-refractivity contribution in [1.82, 2.24) is 15.0 Å². The lowest BCUT2D eigenvalue weighted by Gasteiger charge is -2.15. The van der Waals surface area contributed by atoms with Crippen LogP contribution in [0.15, 0.2) is 6.07 Å². The maximum Gasteiger partial charge on any atom is 0.224 e. The van der Waals surface area contributed by atoms with E-state index in [0.29, 0.717) is 5.95 Å². The highest BCUT2D eigenvalue weighted by Gasteiger charge is 2.14. The zero-order valence-electron chi connectivity index (χ0n) is 12.6. The second kappa shape index (κ2) is 6.17. The standard InChI is InChI=1S/C14H21N5S/c1-6-15-14-16-8(2)7-12(19-14)18-10(4)13-9(3)17-11(5)20-13/h7,10H,6H2,1-5H3,(H2,15,16,18,19). The van der Waals surface area contributed by atoms with Gasteiger partial charge in [0, 0.05) is 23.2 Å². The van der Waals surface area contributed by atoms with Crippen molar-refractivity contribution in [3.05, 3.63) is 27.3 Å². The van der Waals surface area contributed by atoms with Crippen molar-refractivity contribution >= 4 is 23.1 Å². The fourth-order valence-electron chi connectivity index (χ4n) is 2.12. The third-order valence-electron chi connectivity index (χ3n) is 2.89. The van der Waals surface area contributed by atoms with E-state index in [-0.39, 0.29) is 6.04 Å². The molecule has 0 aliphatic carbocycles. The van der Waals surface area contributed by atoms with Crippen LogP contribution in [0.4, 0.5) is 11.8 Å². The Bertz CT molecular complexity index is 593. The molecule has 5 nitrogen and oxygen atoms in total. The molecule has 2 aromatic rings. The van der Waals surface area contributed by atoms with Gasteiger partial charge in [-0.05, 0) is 34.6 Å². The van der Waals surface area contributed by atoms with Crippen LogP contribution >= 0.6 is 11.3 Å². The minimum atomic E-state index is 0.185. The quantitative estimate of drug-likeness (QED) is 0.883. The minimum Gasteiger partial charge on any atom is -0.362 e. The summed E-state index contributed by atoms with van der Waals surface area (Å²) >= 11 is 1.73. The fourth-order valence-corrected chi connectivity index (χ4v) is 3.05. The average Bonchev–Trinajstić information content (AvgIpc) is 2.68. The molecule has 20 heavy (non-hydrogen) atoms. The van der Waals surface area contributed by atoms with E-state index >= 15 is 0 Å². The number of thiazole rings is 1. The van der Waals surface area contributed by atoms with Crippen LogP contribution in [-0.2, 0) is 0 Å². The lowest BCUT2D eigenvalue weighted by molar-refractivity contribution is 0.875. The first-order chi connectivity index (χ1) is 9.49. The van der Waals surface area contributed by atoms with E-state index in [2.05, 4.69) is 32.5 Å². The lowest BCUT2D eigenvalue weighted by atomic mass is 10.2. The van der Waals surface area contributed by atoms with Crippen LogP contribution in [0.3, 0.4) is 0 Å². The molecule has 6 heteroatoms. The molecule has 2 N–H and O–H groups in total. The first-order valence-electron chi connectivity index (χ1n) is 6.79. The highest BCUT2D eigenvalue weighted by molar-refractivity contribution is 7.11. The van der Waals surface area contributed by atoms with Gasteiger partial charge in [0.05, 0.1) is 16.7 Å². The Hall–Kier alpha value is -1.69. The van der Waals surface area contributed by atoms with Crippen LogP contribution in [-0.4, -0.2) is 21.5 Å². The Labute approximate surface area is 123 Å². The summed E-state index contributed by atoms with van der Waals surface area (Å²) in [5, 5.41) is 7.67. The van der Waals surface area contributed by atoms with Gasteiger partial charge in [-0.1, -0.05) is 0 Å². The smallest absolute Gasteiger partial charge is 0.224 e. The maximum absolute atomic E-state index is 4.48. The highest BCUT2D eigenvalue weighted by atomic mass is 32.1. The van der Waals surface area contributed by atoms with Gasteiger partial charge < -0.3 is 10.6 Å². The molecule has 108 valence electrons. The van der Waals surface area contributed by atoms with Gasteiger partial charge in [0.2, 0.25) is 5.95 Å². The van der Waals surface area contributed by atoms with Gasteiger partial charge in [0.15, 0.2) is 0 Å². The molecule has 0 fully saturated rings. The molecular weight excluding hydrogens is 270 g/mol. The molecule has 2 aromatic heterocycles. The molecule has 0 amide bonds. The normalized spacial score (nSPS) is 12.2. The number of nitrogens with zero attached hydrogens (tertiary/aromatic N) is 3. The first-order valence-corrected chi connectivity index (χ1v) is 7.61. The minimum absolute atomic E-state index is 0.185. The van der Waals surface area contributed by atoms with Crippen molar-refractivity contribution in [3.8, 4) is 0 Å². The van der Waals surface area contributed by atoms with E-state index in [1.165, 1.54) is 4.88 Å². The summed E-state index contributed by atoms with van der Waals surface area (Å²) in [6, 6.07) is 2.14. The Morgan fingerprint density at radius 1 is 1.20 bits per heavy atom. The van der Waals surface area contributed by atoms with Crippen LogP contribution in [0, 0.1) is 20.8 Å². The van der Waals surface area contributed by atoms with Gasteiger partial charge in [-0.3, -0.25) is 0 Å². The van der Waals surface area contributed by atoms with E-state index in [4.69, 9.17) is 0 Å². The zero-order valence-corrected chi connectivity index (χ0v) is 13.4. The SMILES string of the molecule is CCNc1nc(C)cc(NC(C)c2sc(C)nc2C)n1. The third-order valence-corrected chi connectivity index (χ3v) is 4.14. The molecule has 0 spiro atoms. The number of anilines is 2. The summed E-state index contributed by atoms with van der Waals surface area (Å²) in [6.07, 6.45) is 0. The topological polar surface area (TPSA) is 62.7 Å². The Kier molecular flexibility index (Phi) is 4.54. The summed E-state index contributed by atoms with van der Waals surface area (Å²) < 4.78 is 0. The molecule has 0 aliphatic rings. The van der Waals surface area contributed by atoms with Crippen LogP contribution in [0.1, 0.15) is 41.2 Å². The highest BCUT2D eigenvalue weighted by Crippen LogP contribution is 2.27. The number of aryl methyl sites for hydroxylation is 3. The van der Waals surface area contributed by atoms with Crippen molar-refractivity contribution < 1.29 is 0 Å². The molecule has 2 rings (SSSR count). The molecule has 1 atom stereocenters. The number of nitrogens with one attached hydrogen (secondary N) is 2. The van der Waals surface area contributed by atoms with E-state index < -0.39 is 0 Å². The summed E-state index contributed by atoms with van der Waals surface area (Å²) in [5.41, 5.74) is 2.04. The Morgan fingerprint density at radius 2 is 1.95 bits per heavy atom. The monoisotopic (exact) mass is 291 g/mol. The molecule has 0 aromatic carbocycles. The molecule has 0 saturated carbocycles. The molecular formula is C14H21N5S. The van der Waals surface area contributed by atoms with E-state index in [1.54, 1.807) is 11.3 Å². The third kappa shape index (κ3) is 3.45. The summed E-state index contributed by atoms with van der Waals surface area (Å²) in [4.78, 5) is 14.6. The van der Waals surface area contributed by atoms with E-state index in [1.807, 2.05) is 33.8 Å². The van der Waals surface area contributed by atoms with Crippen LogP contribution in [0.25, 0.3) is 0 Å². The molecule has 0 saturated heterocycles. The fraction of sp³-hybridized carbons (Fsp3) is 0.500. The van der Waals surface area contributed by atoms with Crippen molar-refractivity contribution in [2.45, 2.75) is 40.7 Å². The molecule has 1 unspecified atom stereocenters. The molecule has 0 bridgehead atoms. The van der Waals surface area contributed by atoms with Crippen LogP contribution in [0.2, 0.25) is 0 Å². The zero-order chi connectivity index (χ0) is 14.7. The second-order valence-electron chi connectivity index (χ2n) is 4.80. The maximum atomic E-state index is 4.48. The van der Waals surface area contributed by atoms with Gasteiger partial charge in [-0.15, -0.1) is 11.3 Å². The van der Waals surface area contributed by atoms with Crippen molar-refractivity contribution in [2.75, 3.05) is 17.2 Å². The van der Waals surface area contributed by atoms with Gasteiger partial charge in [0.1, 0.15) is 5.82 Å². The number of rotatable bonds is 5. The lowest BCUT2D eigenvalue weighted by Crippen LogP contribution is -2.10. The van der Waals surface area contributed by atoms with Gasteiger partial charge in [0.25, 0.3) is 0 Å². The summed E-state index contributed by atoms with van der Waals surface area (Å²) in [7, 11) is 0. The Balaban J connectivity index is 2.18. The van der Waals surface area contributed by atoms with E-state index in [9.17, 15) is 0 Å². The van der Waals surface area contributed by atoms with E-state index in [0.717, 1.165) is 28.8 Å². The predicted molar refractivity (Wildman–Crippen MR) is 84.6 cm³/mol. The average molecular weight is 291 g/mol. The molecule has 0 aliphatic heterocycles. The van der Waals surface area contributed by atoms with Crippen molar-refractivity contribution in [2.24, 2.45) is 0 Å². The van der Waals surface area contributed by atoms with Crippen molar-refractivity contribution in [3.63, 3.8) is 0 Å². The Morgan fingerprint density at radius 3 is 2.55 bits per heavy atom. The van der Waals surface area contributed by atoms with Crippen molar-refractivity contribution in [1.29, 1.82) is 0 Å². The summed E-state index contributed by atoms with van der Waals surface area (Å²) in [6.45, 7) is 11.0. The molecule has 0 radical (unpaired) electrons. The van der Waals surface area contributed by atoms with Crippen LogP contribution in [0.5, 0.6) is 0 Å². The number of hydrogen-bond acceptors (Lipinski definition) is 6. The van der Waals surface area contributed by atoms with Gasteiger partial charge >= 0.3 is 0 Å². The van der Waals surface area contributed by atoms with Gasteiger partial charge in [-0.2, -0.15) is 4.98 Å². The number of aromatic nitrogens is 3. The van der Waals surface area contributed by atoms with Crippen LogP contribution < -0.4 is 10.6 Å². The predicted octanol–water partition coefficient (Wildman–Crippen LogP) is 3.46. The largest absolute Gasteiger partial charge is 0.362 e.